The fraction of sp³-hybridized carbons (Fsp3) is 0.500. The van der Waals surface area contributed by atoms with E-state index in [2.05, 4.69) is 5.32 Å². The topological polar surface area (TPSA) is 38.3 Å². The van der Waals surface area contributed by atoms with E-state index in [1.54, 1.807) is 0 Å². The van der Waals surface area contributed by atoms with Crippen LogP contribution in [0.25, 0.3) is 0 Å². The van der Waals surface area contributed by atoms with Crippen LogP contribution in [-0.2, 0) is 4.74 Å². The molecule has 2 heterocycles. The zero-order chi connectivity index (χ0) is 9.80. The van der Waals surface area contributed by atoms with Gasteiger partial charge >= 0.3 is 0 Å². The summed E-state index contributed by atoms with van der Waals surface area (Å²) in [6.45, 7) is 1.47. The van der Waals surface area contributed by atoms with Gasteiger partial charge in [-0.05, 0) is 24.3 Å². The molecule has 3 nitrogen and oxygen atoms in total. The van der Waals surface area contributed by atoms with Crippen molar-refractivity contribution >= 4 is 17.2 Å². The highest BCUT2D eigenvalue weighted by molar-refractivity contribution is 7.12. The predicted molar refractivity (Wildman–Crippen MR) is 55.6 cm³/mol. The molecule has 4 heteroatoms. The third-order valence-corrected chi connectivity index (χ3v) is 3.11. The second-order valence-electron chi connectivity index (χ2n) is 3.36. The minimum absolute atomic E-state index is 0.0236. The van der Waals surface area contributed by atoms with Gasteiger partial charge in [-0.3, -0.25) is 4.79 Å². The molecule has 1 aliphatic heterocycles. The van der Waals surface area contributed by atoms with Crippen molar-refractivity contribution in [3.63, 3.8) is 0 Å². The summed E-state index contributed by atoms with van der Waals surface area (Å²) >= 11 is 1.47. The van der Waals surface area contributed by atoms with Crippen molar-refractivity contribution in [1.29, 1.82) is 0 Å². The molecule has 1 saturated heterocycles. The molecule has 1 atom stereocenters. The Labute approximate surface area is 87.1 Å². The van der Waals surface area contributed by atoms with Gasteiger partial charge in [0.15, 0.2) is 0 Å². The van der Waals surface area contributed by atoms with Crippen LogP contribution in [0.15, 0.2) is 17.5 Å². The Morgan fingerprint density at radius 3 is 3.21 bits per heavy atom. The van der Waals surface area contributed by atoms with Crippen LogP contribution in [0.1, 0.15) is 22.5 Å². The summed E-state index contributed by atoms with van der Waals surface area (Å²) in [7, 11) is 0. The highest BCUT2D eigenvalue weighted by Crippen LogP contribution is 2.11. The van der Waals surface area contributed by atoms with Crippen molar-refractivity contribution in [2.45, 2.75) is 18.9 Å². The van der Waals surface area contributed by atoms with Gasteiger partial charge in [-0.25, -0.2) is 0 Å². The summed E-state index contributed by atoms with van der Waals surface area (Å²) in [5.41, 5.74) is 0. The monoisotopic (exact) mass is 211 g/mol. The fourth-order valence-electron chi connectivity index (χ4n) is 1.52. The molecule has 0 spiro atoms. The Morgan fingerprint density at radius 1 is 1.64 bits per heavy atom. The molecular formula is C10H13NO2S. The molecule has 1 N–H and O–H groups in total. The minimum Gasteiger partial charge on any atom is -0.379 e. The highest BCUT2D eigenvalue weighted by Gasteiger charge is 2.17. The summed E-state index contributed by atoms with van der Waals surface area (Å²) in [5.74, 6) is 0.0236. The molecule has 76 valence electrons. The van der Waals surface area contributed by atoms with Crippen molar-refractivity contribution in [2.75, 3.05) is 13.2 Å². The van der Waals surface area contributed by atoms with Crippen molar-refractivity contribution in [1.82, 2.24) is 5.32 Å². The molecule has 1 amide bonds. The lowest BCUT2D eigenvalue weighted by Crippen LogP contribution is -2.40. The second-order valence-corrected chi connectivity index (χ2v) is 4.31. The first-order valence-electron chi connectivity index (χ1n) is 4.78. The van der Waals surface area contributed by atoms with E-state index in [-0.39, 0.29) is 11.9 Å². The van der Waals surface area contributed by atoms with E-state index >= 15 is 0 Å². The van der Waals surface area contributed by atoms with Gasteiger partial charge in [-0.1, -0.05) is 6.07 Å². The molecular weight excluding hydrogens is 198 g/mol. The molecule has 0 radical (unpaired) electrons. The third kappa shape index (κ3) is 2.33. The molecule has 1 unspecified atom stereocenters. The van der Waals surface area contributed by atoms with E-state index in [1.165, 1.54) is 11.3 Å². The average molecular weight is 211 g/mol. The molecule has 1 aliphatic rings. The van der Waals surface area contributed by atoms with Crippen molar-refractivity contribution in [3.8, 4) is 0 Å². The predicted octanol–water partition coefficient (Wildman–Crippen LogP) is 1.66. The van der Waals surface area contributed by atoms with Crippen molar-refractivity contribution in [3.05, 3.63) is 22.4 Å². The molecule has 1 aromatic rings. The van der Waals surface area contributed by atoms with Crippen molar-refractivity contribution < 1.29 is 9.53 Å². The number of thiophene rings is 1. The molecule has 0 bridgehead atoms. The molecule has 0 saturated carbocycles. The number of hydrogen-bond acceptors (Lipinski definition) is 3. The number of rotatable bonds is 2. The maximum Gasteiger partial charge on any atom is 0.261 e. The Balaban J connectivity index is 1.87. The van der Waals surface area contributed by atoms with Crippen LogP contribution in [0.3, 0.4) is 0 Å². The Morgan fingerprint density at radius 2 is 2.57 bits per heavy atom. The summed E-state index contributed by atoms with van der Waals surface area (Å²) in [4.78, 5) is 12.4. The van der Waals surface area contributed by atoms with Crippen LogP contribution in [-0.4, -0.2) is 25.2 Å². The van der Waals surface area contributed by atoms with Crippen LogP contribution in [0.5, 0.6) is 0 Å². The van der Waals surface area contributed by atoms with E-state index in [0.717, 1.165) is 24.3 Å². The van der Waals surface area contributed by atoms with Gasteiger partial charge in [-0.2, -0.15) is 0 Å². The first-order valence-corrected chi connectivity index (χ1v) is 5.66. The molecule has 14 heavy (non-hydrogen) atoms. The van der Waals surface area contributed by atoms with E-state index in [9.17, 15) is 4.79 Å². The fourth-order valence-corrected chi connectivity index (χ4v) is 2.15. The van der Waals surface area contributed by atoms with E-state index in [0.29, 0.717) is 6.61 Å². The summed E-state index contributed by atoms with van der Waals surface area (Å²) < 4.78 is 5.29. The van der Waals surface area contributed by atoms with E-state index < -0.39 is 0 Å². The lowest BCUT2D eigenvalue weighted by atomic mass is 10.1. The van der Waals surface area contributed by atoms with Crippen LogP contribution in [0.2, 0.25) is 0 Å². The summed E-state index contributed by atoms with van der Waals surface area (Å²) in [6.07, 6.45) is 2.06. The van der Waals surface area contributed by atoms with Gasteiger partial charge in [-0.15, -0.1) is 11.3 Å². The zero-order valence-electron chi connectivity index (χ0n) is 7.86. The van der Waals surface area contributed by atoms with Crippen LogP contribution >= 0.6 is 11.3 Å². The Bertz CT molecular complexity index is 291. The Kier molecular flexibility index (Phi) is 3.16. The first kappa shape index (κ1) is 9.68. The number of carbonyl (C=O) groups excluding carboxylic acids is 1. The largest absolute Gasteiger partial charge is 0.379 e. The molecule has 1 fully saturated rings. The number of ether oxygens (including phenoxy) is 1. The smallest absolute Gasteiger partial charge is 0.261 e. The number of hydrogen-bond donors (Lipinski definition) is 1. The maximum atomic E-state index is 11.6. The zero-order valence-corrected chi connectivity index (χ0v) is 8.68. The molecule has 0 aliphatic carbocycles. The number of amides is 1. The van der Waals surface area contributed by atoms with E-state index in [4.69, 9.17) is 4.74 Å². The van der Waals surface area contributed by atoms with E-state index in [1.807, 2.05) is 17.5 Å². The van der Waals surface area contributed by atoms with Crippen molar-refractivity contribution in [2.24, 2.45) is 0 Å². The van der Waals surface area contributed by atoms with Crippen LogP contribution in [0, 0.1) is 0 Å². The SMILES string of the molecule is O=C(NC1CCCOC1)c1cccs1. The lowest BCUT2D eigenvalue weighted by molar-refractivity contribution is 0.0626. The highest BCUT2D eigenvalue weighted by atomic mass is 32.1. The summed E-state index contributed by atoms with van der Waals surface area (Å²) in [5, 5.41) is 4.88. The van der Waals surface area contributed by atoms with Crippen LogP contribution < -0.4 is 5.32 Å². The lowest BCUT2D eigenvalue weighted by Gasteiger charge is -2.22. The standard InChI is InChI=1S/C10H13NO2S/c12-10(9-4-2-6-14-9)11-8-3-1-5-13-7-8/h2,4,6,8H,1,3,5,7H2,(H,11,12). The normalized spacial score (nSPS) is 21.9. The van der Waals surface area contributed by atoms with Gasteiger partial charge in [0.2, 0.25) is 0 Å². The second kappa shape index (κ2) is 4.57. The average Bonchev–Trinajstić information content (AvgIpc) is 2.72. The molecule has 1 aromatic heterocycles. The maximum absolute atomic E-state index is 11.6. The van der Waals surface area contributed by atoms with Gasteiger partial charge in [0.25, 0.3) is 5.91 Å². The number of nitrogens with one attached hydrogen (secondary N) is 1. The molecule has 2 rings (SSSR count). The third-order valence-electron chi connectivity index (χ3n) is 2.24. The van der Waals surface area contributed by atoms with Gasteiger partial charge in [0.05, 0.1) is 17.5 Å². The first-order chi connectivity index (χ1) is 6.86. The minimum atomic E-state index is 0.0236. The van der Waals surface area contributed by atoms with Gasteiger partial charge < -0.3 is 10.1 Å². The quantitative estimate of drug-likeness (QED) is 0.808. The van der Waals surface area contributed by atoms with Gasteiger partial charge in [0, 0.05) is 6.61 Å². The van der Waals surface area contributed by atoms with Crippen LogP contribution in [0.4, 0.5) is 0 Å². The summed E-state index contributed by atoms with van der Waals surface area (Å²) in [6, 6.07) is 3.92. The Hall–Kier alpha value is -0.870. The number of carbonyl (C=O) groups is 1. The van der Waals surface area contributed by atoms with Gasteiger partial charge in [0.1, 0.15) is 0 Å². The molecule has 0 aromatic carbocycles.